The average Bonchev–Trinajstić information content (AvgIpc) is 2.68. The Balaban J connectivity index is 2.27. The van der Waals surface area contributed by atoms with Gasteiger partial charge in [0.05, 0.1) is 0 Å². The summed E-state index contributed by atoms with van der Waals surface area (Å²) in [4.78, 5) is 2.52. The van der Waals surface area contributed by atoms with Gasteiger partial charge >= 0.3 is 0 Å². The van der Waals surface area contributed by atoms with Crippen LogP contribution in [-0.4, -0.2) is 37.6 Å². The summed E-state index contributed by atoms with van der Waals surface area (Å²) in [6, 6.07) is 0.540. The fraction of sp³-hybridized carbons (Fsp3) is 0.889. The van der Waals surface area contributed by atoms with Gasteiger partial charge < -0.3 is 10.2 Å². The van der Waals surface area contributed by atoms with E-state index in [4.69, 9.17) is 0 Å². The van der Waals surface area contributed by atoms with Gasteiger partial charge in [-0.3, -0.25) is 0 Å². The van der Waals surface area contributed by atoms with E-state index in [1.165, 1.54) is 57.8 Å². The monoisotopic (exact) mass is 278 g/mol. The molecule has 2 rings (SSSR count). The van der Waals surface area contributed by atoms with Gasteiger partial charge in [-0.2, -0.15) is 0 Å². The maximum Gasteiger partial charge on any atom is 0.0463 e. The molecular weight excluding hydrogens is 244 g/mol. The molecular formula is C18H34N2. The van der Waals surface area contributed by atoms with Crippen molar-refractivity contribution in [1.29, 1.82) is 0 Å². The molecule has 20 heavy (non-hydrogen) atoms. The van der Waals surface area contributed by atoms with E-state index < -0.39 is 0 Å². The Morgan fingerprint density at radius 3 is 2.70 bits per heavy atom. The molecule has 0 aromatic rings. The SMILES string of the molecule is CNC(C1=CCCCCC1)C1(N(C)C)CCCC(C)C1. The standard InChI is InChI=1S/C18H34N2/c1-15-10-9-13-18(14-15,20(3)4)17(19-2)16-11-7-5-6-8-12-16/h11,15,17,19H,5-10,12-14H2,1-4H3. The molecule has 0 aromatic heterocycles. The average molecular weight is 278 g/mol. The second-order valence-electron chi connectivity index (χ2n) is 7.30. The molecule has 2 nitrogen and oxygen atoms in total. The van der Waals surface area contributed by atoms with Crippen LogP contribution in [0.25, 0.3) is 0 Å². The maximum atomic E-state index is 3.70. The number of hydrogen-bond acceptors (Lipinski definition) is 2. The van der Waals surface area contributed by atoms with Gasteiger partial charge in [-0.1, -0.05) is 37.8 Å². The summed E-state index contributed by atoms with van der Waals surface area (Å²) in [5.41, 5.74) is 2.01. The first-order valence-corrected chi connectivity index (χ1v) is 8.64. The minimum Gasteiger partial charge on any atom is -0.312 e. The summed E-state index contributed by atoms with van der Waals surface area (Å²) in [6.07, 6.45) is 14.8. The molecule has 0 heterocycles. The van der Waals surface area contributed by atoms with Gasteiger partial charge in [-0.15, -0.1) is 0 Å². The van der Waals surface area contributed by atoms with Crippen molar-refractivity contribution in [2.75, 3.05) is 21.1 Å². The minimum absolute atomic E-state index is 0.322. The Labute approximate surface area is 126 Å². The van der Waals surface area contributed by atoms with E-state index in [2.05, 4.69) is 44.4 Å². The summed E-state index contributed by atoms with van der Waals surface area (Å²) in [7, 11) is 6.75. The molecule has 0 radical (unpaired) electrons. The summed E-state index contributed by atoms with van der Waals surface area (Å²) in [6.45, 7) is 2.44. The van der Waals surface area contributed by atoms with E-state index in [0.717, 1.165) is 5.92 Å². The topological polar surface area (TPSA) is 15.3 Å². The van der Waals surface area contributed by atoms with Crippen molar-refractivity contribution in [3.05, 3.63) is 11.6 Å². The smallest absolute Gasteiger partial charge is 0.0463 e. The summed E-state index contributed by atoms with van der Waals surface area (Å²) >= 11 is 0. The predicted octanol–water partition coefficient (Wildman–Crippen LogP) is 3.98. The molecule has 1 saturated carbocycles. The number of nitrogens with zero attached hydrogens (tertiary/aromatic N) is 1. The lowest BCUT2D eigenvalue weighted by Gasteiger charge is -2.51. The number of likely N-dealkylation sites (N-methyl/N-ethyl adjacent to an activating group) is 2. The van der Waals surface area contributed by atoms with Crippen LogP contribution < -0.4 is 5.32 Å². The van der Waals surface area contributed by atoms with E-state index in [1.807, 2.05) is 0 Å². The second kappa shape index (κ2) is 7.09. The first kappa shape index (κ1) is 16.0. The van der Waals surface area contributed by atoms with Crippen LogP contribution in [0.5, 0.6) is 0 Å². The molecule has 0 spiro atoms. The van der Waals surface area contributed by atoms with Crippen molar-refractivity contribution in [2.45, 2.75) is 76.3 Å². The number of hydrogen-bond donors (Lipinski definition) is 1. The first-order valence-electron chi connectivity index (χ1n) is 8.64. The molecule has 2 aliphatic rings. The molecule has 3 atom stereocenters. The molecule has 0 aromatic carbocycles. The Bertz CT molecular complexity index is 334. The lowest BCUT2D eigenvalue weighted by molar-refractivity contribution is 0.0502. The highest BCUT2D eigenvalue weighted by Gasteiger charge is 2.44. The van der Waals surface area contributed by atoms with Crippen LogP contribution >= 0.6 is 0 Å². The first-order chi connectivity index (χ1) is 9.60. The molecule has 0 saturated heterocycles. The third-order valence-electron chi connectivity index (χ3n) is 5.67. The predicted molar refractivity (Wildman–Crippen MR) is 88.1 cm³/mol. The van der Waals surface area contributed by atoms with Gasteiger partial charge in [-0.05, 0) is 65.6 Å². The van der Waals surface area contributed by atoms with Gasteiger partial charge in [0.15, 0.2) is 0 Å². The molecule has 2 heteroatoms. The van der Waals surface area contributed by atoms with Crippen LogP contribution in [-0.2, 0) is 0 Å². The van der Waals surface area contributed by atoms with Crippen LogP contribution in [0.15, 0.2) is 11.6 Å². The molecule has 2 aliphatic carbocycles. The summed E-state index contributed by atoms with van der Waals surface area (Å²) in [5, 5.41) is 3.70. The quantitative estimate of drug-likeness (QED) is 0.783. The van der Waals surface area contributed by atoms with Gasteiger partial charge in [0.2, 0.25) is 0 Å². The van der Waals surface area contributed by atoms with E-state index in [0.29, 0.717) is 11.6 Å². The maximum absolute atomic E-state index is 3.70. The minimum atomic E-state index is 0.322. The van der Waals surface area contributed by atoms with E-state index in [-0.39, 0.29) is 0 Å². The van der Waals surface area contributed by atoms with Crippen LogP contribution in [0.1, 0.15) is 64.7 Å². The number of rotatable bonds is 4. The van der Waals surface area contributed by atoms with Crippen molar-refractivity contribution < 1.29 is 0 Å². The molecule has 1 N–H and O–H groups in total. The fourth-order valence-electron chi connectivity index (χ4n) is 4.59. The van der Waals surface area contributed by atoms with Crippen LogP contribution in [0, 0.1) is 5.92 Å². The van der Waals surface area contributed by atoms with Gasteiger partial charge in [0.1, 0.15) is 0 Å². The van der Waals surface area contributed by atoms with Crippen molar-refractivity contribution in [3.8, 4) is 0 Å². The summed E-state index contributed by atoms with van der Waals surface area (Å²) < 4.78 is 0. The normalized spacial score (nSPS) is 33.6. The molecule has 0 amide bonds. The van der Waals surface area contributed by atoms with Gasteiger partial charge in [0.25, 0.3) is 0 Å². The largest absolute Gasteiger partial charge is 0.312 e. The van der Waals surface area contributed by atoms with E-state index in [1.54, 1.807) is 5.57 Å². The zero-order valence-electron chi connectivity index (χ0n) is 14.0. The lowest BCUT2D eigenvalue weighted by Crippen LogP contribution is -2.61. The lowest BCUT2D eigenvalue weighted by atomic mass is 9.69. The van der Waals surface area contributed by atoms with Crippen molar-refractivity contribution >= 4 is 0 Å². The van der Waals surface area contributed by atoms with Crippen molar-refractivity contribution in [2.24, 2.45) is 5.92 Å². The Hall–Kier alpha value is -0.340. The van der Waals surface area contributed by atoms with E-state index in [9.17, 15) is 0 Å². The Kier molecular flexibility index (Phi) is 5.68. The third kappa shape index (κ3) is 3.28. The fourth-order valence-corrected chi connectivity index (χ4v) is 4.59. The second-order valence-corrected chi connectivity index (χ2v) is 7.30. The zero-order valence-corrected chi connectivity index (χ0v) is 14.0. The molecule has 1 fully saturated rings. The number of nitrogens with one attached hydrogen (secondary N) is 1. The van der Waals surface area contributed by atoms with Gasteiger partial charge in [0, 0.05) is 11.6 Å². The Morgan fingerprint density at radius 2 is 2.05 bits per heavy atom. The highest BCUT2D eigenvalue weighted by molar-refractivity contribution is 5.21. The van der Waals surface area contributed by atoms with Crippen LogP contribution in [0.3, 0.4) is 0 Å². The third-order valence-corrected chi connectivity index (χ3v) is 5.67. The summed E-state index contributed by atoms with van der Waals surface area (Å²) in [5.74, 6) is 0.855. The highest BCUT2D eigenvalue weighted by atomic mass is 15.2. The molecule has 0 bridgehead atoms. The van der Waals surface area contributed by atoms with Crippen LogP contribution in [0.4, 0.5) is 0 Å². The van der Waals surface area contributed by atoms with Crippen molar-refractivity contribution in [1.82, 2.24) is 10.2 Å². The van der Waals surface area contributed by atoms with E-state index >= 15 is 0 Å². The molecule has 116 valence electrons. The Morgan fingerprint density at radius 1 is 1.25 bits per heavy atom. The highest BCUT2D eigenvalue weighted by Crippen LogP contribution is 2.41. The van der Waals surface area contributed by atoms with Crippen LogP contribution in [0.2, 0.25) is 0 Å². The molecule has 0 aliphatic heterocycles. The van der Waals surface area contributed by atoms with Crippen molar-refractivity contribution in [3.63, 3.8) is 0 Å². The molecule has 3 unspecified atom stereocenters. The number of allylic oxidation sites excluding steroid dienone is 1. The zero-order chi connectivity index (χ0) is 14.6. The van der Waals surface area contributed by atoms with Gasteiger partial charge in [-0.25, -0.2) is 0 Å².